The van der Waals surface area contributed by atoms with Crippen LogP contribution in [0.15, 0.2) is 0 Å². The second-order valence-electron chi connectivity index (χ2n) is 3.92. The van der Waals surface area contributed by atoms with Crippen LogP contribution in [0.3, 0.4) is 0 Å². The van der Waals surface area contributed by atoms with Crippen molar-refractivity contribution in [2.75, 3.05) is 27.3 Å². The number of ether oxygens (including phenoxy) is 1. The van der Waals surface area contributed by atoms with Gasteiger partial charge < -0.3 is 9.64 Å². The number of hydrogen-bond acceptors (Lipinski definition) is 2. The lowest BCUT2D eigenvalue weighted by atomic mass is 10.1. The number of amides is 1. The summed E-state index contributed by atoms with van der Waals surface area (Å²) in [6.07, 6.45) is 0.614. The SMILES string of the molecule is COCC(Br)CN(C)C(=O)CC(C)C. The van der Waals surface area contributed by atoms with Gasteiger partial charge in [-0.1, -0.05) is 29.8 Å². The second kappa shape index (κ2) is 7.23. The van der Waals surface area contributed by atoms with E-state index in [1.54, 1.807) is 12.0 Å². The molecule has 0 aromatic rings. The molecule has 0 aromatic heterocycles. The molecule has 0 fully saturated rings. The Hall–Kier alpha value is -0.0900. The van der Waals surface area contributed by atoms with Crippen LogP contribution in [-0.2, 0) is 9.53 Å². The number of methoxy groups -OCH3 is 1. The van der Waals surface area contributed by atoms with E-state index in [9.17, 15) is 4.79 Å². The van der Waals surface area contributed by atoms with Crippen LogP contribution in [0.25, 0.3) is 0 Å². The molecule has 0 heterocycles. The Morgan fingerprint density at radius 1 is 1.50 bits per heavy atom. The third-order valence-electron chi connectivity index (χ3n) is 1.83. The molecule has 84 valence electrons. The normalized spacial score (nSPS) is 13.0. The molecule has 4 heteroatoms. The van der Waals surface area contributed by atoms with Gasteiger partial charge in [0.1, 0.15) is 0 Å². The van der Waals surface area contributed by atoms with Crippen LogP contribution in [0.2, 0.25) is 0 Å². The van der Waals surface area contributed by atoms with Crippen molar-refractivity contribution in [1.82, 2.24) is 4.90 Å². The third-order valence-corrected chi connectivity index (χ3v) is 2.38. The lowest BCUT2D eigenvalue weighted by Gasteiger charge is -2.21. The molecule has 0 bridgehead atoms. The van der Waals surface area contributed by atoms with E-state index >= 15 is 0 Å². The molecule has 0 spiro atoms. The van der Waals surface area contributed by atoms with Crippen molar-refractivity contribution in [3.63, 3.8) is 0 Å². The molecule has 0 aliphatic carbocycles. The van der Waals surface area contributed by atoms with Crippen molar-refractivity contribution in [3.05, 3.63) is 0 Å². The van der Waals surface area contributed by atoms with Crippen LogP contribution in [0.4, 0.5) is 0 Å². The Morgan fingerprint density at radius 3 is 2.50 bits per heavy atom. The summed E-state index contributed by atoms with van der Waals surface area (Å²) in [5.74, 6) is 0.613. The summed E-state index contributed by atoms with van der Waals surface area (Å²) in [6, 6.07) is 0. The molecule has 0 aliphatic heterocycles. The molecule has 0 radical (unpaired) electrons. The van der Waals surface area contributed by atoms with Crippen molar-refractivity contribution in [1.29, 1.82) is 0 Å². The highest BCUT2D eigenvalue weighted by atomic mass is 79.9. The summed E-state index contributed by atoms with van der Waals surface area (Å²) in [4.78, 5) is 13.5. The first-order chi connectivity index (χ1) is 6.47. The van der Waals surface area contributed by atoms with Crippen molar-refractivity contribution >= 4 is 21.8 Å². The Kier molecular flexibility index (Phi) is 7.19. The van der Waals surface area contributed by atoms with Gasteiger partial charge in [0.05, 0.1) is 11.4 Å². The van der Waals surface area contributed by atoms with Crippen LogP contribution in [0.1, 0.15) is 20.3 Å². The largest absolute Gasteiger partial charge is 0.383 e. The molecule has 1 amide bonds. The van der Waals surface area contributed by atoms with Crippen LogP contribution in [0, 0.1) is 5.92 Å². The van der Waals surface area contributed by atoms with E-state index < -0.39 is 0 Å². The van der Waals surface area contributed by atoms with Crippen molar-refractivity contribution in [2.45, 2.75) is 25.1 Å². The summed E-state index contributed by atoms with van der Waals surface area (Å²) in [5, 5.41) is 0. The van der Waals surface area contributed by atoms with Crippen LogP contribution < -0.4 is 0 Å². The molecule has 0 aromatic carbocycles. The van der Waals surface area contributed by atoms with Crippen LogP contribution >= 0.6 is 15.9 Å². The van der Waals surface area contributed by atoms with E-state index in [4.69, 9.17) is 4.74 Å². The Balaban J connectivity index is 3.82. The predicted molar refractivity (Wildman–Crippen MR) is 61.7 cm³/mol. The Bertz CT molecular complexity index is 174. The van der Waals surface area contributed by atoms with Gasteiger partial charge in [0.25, 0.3) is 0 Å². The lowest BCUT2D eigenvalue weighted by Crippen LogP contribution is -2.34. The van der Waals surface area contributed by atoms with Crippen molar-refractivity contribution in [2.24, 2.45) is 5.92 Å². The van der Waals surface area contributed by atoms with E-state index in [-0.39, 0.29) is 10.7 Å². The predicted octanol–water partition coefficient (Wildman–Crippen LogP) is 1.90. The van der Waals surface area contributed by atoms with E-state index in [0.717, 1.165) is 0 Å². The summed E-state index contributed by atoms with van der Waals surface area (Å²) in [5.41, 5.74) is 0. The number of alkyl halides is 1. The molecule has 1 unspecified atom stereocenters. The summed E-state index contributed by atoms with van der Waals surface area (Å²) in [6.45, 7) is 5.41. The highest BCUT2D eigenvalue weighted by Crippen LogP contribution is 2.06. The minimum Gasteiger partial charge on any atom is -0.383 e. The van der Waals surface area contributed by atoms with E-state index in [1.807, 2.05) is 20.9 Å². The maximum absolute atomic E-state index is 11.6. The van der Waals surface area contributed by atoms with Gasteiger partial charge in [-0.15, -0.1) is 0 Å². The molecule has 0 rings (SSSR count). The van der Waals surface area contributed by atoms with Gasteiger partial charge in [0, 0.05) is 27.1 Å². The maximum Gasteiger partial charge on any atom is 0.222 e. The standard InChI is InChI=1S/C10H20BrNO2/c1-8(2)5-10(13)12(3)6-9(11)7-14-4/h8-9H,5-7H2,1-4H3. The second-order valence-corrected chi connectivity index (χ2v) is 5.22. The zero-order valence-corrected chi connectivity index (χ0v) is 11.0. The third kappa shape index (κ3) is 6.38. The summed E-state index contributed by atoms with van der Waals surface area (Å²) < 4.78 is 4.98. The fraction of sp³-hybridized carbons (Fsp3) is 0.900. The number of carbonyl (C=O) groups excluding carboxylic acids is 1. The molecular weight excluding hydrogens is 246 g/mol. The Morgan fingerprint density at radius 2 is 2.07 bits per heavy atom. The first kappa shape index (κ1) is 13.9. The molecule has 0 aliphatic rings. The van der Waals surface area contributed by atoms with Gasteiger partial charge >= 0.3 is 0 Å². The number of hydrogen-bond donors (Lipinski definition) is 0. The number of rotatable bonds is 6. The fourth-order valence-corrected chi connectivity index (χ4v) is 1.84. The monoisotopic (exact) mass is 265 g/mol. The summed E-state index contributed by atoms with van der Waals surface area (Å²) >= 11 is 3.45. The van der Waals surface area contributed by atoms with Crippen molar-refractivity contribution in [3.8, 4) is 0 Å². The van der Waals surface area contributed by atoms with Crippen LogP contribution in [-0.4, -0.2) is 42.9 Å². The zero-order valence-electron chi connectivity index (χ0n) is 9.42. The molecule has 0 N–H and O–H groups in total. The van der Waals surface area contributed by atoms with E-state index in [1.165, 1.54) is 0 Å². The summed E-state index contributed by atoms with van der Waals surface area (Å²) in [7, 11) is 3.48. The highest BCUT2D eigenvalue weighted by molar-refractivity contribution is 9.09. The number of nitrogens with zero attached hydrogens (tertiary/aromatic N) is 1. The van der Waals surface area contributed by atoms with Gasteiger partial charge in [0.15, 0.2) is 0 Å². The van der Waals surface area contributed by atoms with Crippen LogP contribution in [0.5, 0.6) is 0 Å². The highest BCUT2D eigenvalue weighted by Gasteiger charge is 2.14. The smallest absolute Gasteiger partial charge is 0.222 e. The number of halogens is 1. The molecule has 1 atom stereocenters. The average Bonchev–Trinajstić information content (AvgIpc) is 2.02. The first-order valence-corrected chi connectivity index (χ1v) is 5.75. The van der Waals surface area contributed by atoms with Gasteiger partial charge in [-0.2, -0.15) is 0 Å². The average molecular weight is 266 g/mol. The molecule has 0 saturated heterocycles. The van der Waals surface area contributed by atoms with Gasteiger partial charge in [-0.05, 0) is 5.92 Å². The first-order valence-electron chi connectivity index (χ1n) is 4.84. The van der Waals surface area contributed by atoms with Gasteiger partial charge in [0.2, 0.25) is 5.91 Å². The number of carbonyl (C=O) groups is 1. The molecule has 0 saturated carbocycles. The van der Waals surface area contributed by atoms with E-state index in [2.05, 4.69) is 15.9 Å². The zero-order chi connectivity index (χ0) is 11.1. The molecule has 14 heavy (non-hydrogen) atoms. The lowest BCUT2D eigenvalue weighted by molar-refractivity contribution is -0.130. The van der Waals surface area contributed by atoms with Crippen molar-refractivity contribution < 1.29 is 9.53 Å². The Labute approximate surface area is 94.9 Å². The topological polar surface area (TPSA) is 29.5 Å². The molecular formula is C10H20BrNO2. The minimum absolute atomic E-state index is 0.195. The minimum atomic E-state index is 0.195. The van der Waals surface area contributed by atoms with E-state index in [0.29, 0.717) is 25.5 Å². The fourth-order valence-electron chi connectivity index (χ4n) is 1.14. The quantitative estimate of drug-likeness (QED) is 0.687. The van der Waals surface area contributed by atoms with Gasteiger partial charge in [-0.3, -0.25) is 4.79 Å². The molecule has 3 nitrogen and oxygen atoms in total. The maximum atomic E-state index is 11.6. The van der Waals surface area contributed by atoms with Gasteiger partial charge in [-0.25, -0.2) is 0 Å².